The molecule has 0 fully saturated rings. The second-order valence-corrected chi connectivity index (χ2v) is 6.43. The van der Waals surface area contributed by atoms with E-state index >= 15 is 0 Å². The van der Waals surface area contributed by atoms with Crippen molar-refractivity contribution in [1.82, 2.24) is 20.1 Å². The molecule has 0 atom stereocenters. The number of pyridine rings is 1. The van der Waals surface area contributed by atoms with Crippen LogP contribution in [-0.4, -0.2) is 27.2 Å². The smallest absolute Gasteiger partial charge is 0.255 e. The van der Waals surface area contributed by atoms with Crippen molar-refractivity contribution in [3.05, 3.63) is 84.2 Å². The van der Waals surface area contributed by atoms with Gasteiger partial charge in [-0.25, -0.2) is 0 Å². The third-order valence-electron chi connectivity index (χ3n) is 4.44. The van der Waals surface area contributed by atoms with Crippen molar-refractivity contribution < 1.29 is 4.79 Å². The highest BCUT2D eigenvalue weighted by atomic mass is 16.1. The predicted octanol–water partition coefficient (Wildman–Crippen LogP) is 3.61. The van der Waals surface area contributed by atoms with Crippen molar-refractivity contribution >= 4 is 16.8 Å². The van der Waals surface area contributed by atoms with Crippen LogP contribution in [0.1, 0.15) is 16.1 Å². The van der Waals surface area contributed by atoms with Gasteiger partial charge in [-0.3, -0.25) is 14.5 Å². The summed E-state index contributed by atoms with van der Waals surface area (Å²) in [5, 5.41) is 8.55. The first-order chi connectivity index (χ1) is 13.2. The van der Waals surface area contributed by atoms with Gasteiger partial charge in [-0.05, 0) is 12.1 Å². The molecule has 4 rings (SSSR count). The number of para-hydroxylation sites is 1. The predicted molar refractivity (Wildman–Crippen MR) is 106 cm³/mol. The lowest BCUT2D eigenvalue weighted by Gasteiger charge is -2.06. The molecule has 1 amide bonds. The summed E-state index contributed by atoms with van der Waals surface area (Å²) < 4.78 is 1.67. The molecule has 134 valence electrons. The standard InChI is InChI=1S/C22H20N4O/c1-26-15-19(21(25-26)17-8-3-2-4-9-17)22(27)23-14-13-18-12-11-16-7-5-6-10-20(16)24-18/h2-12,15H,13-14H2,1H3,(H,23,27). The summed E-state index contributed by atoms with van der Waals surface area (Å²) >= 11 is 0. The van der Waals surface area contributed by atoms with Crippen LogP contribution in [0, 0.1) is 0 Å². The Balaban J connectivity index is 1.45. The maximum absolute atomic E-state index is 12.7. The summed E-state index contributed by atoms with van der Waals surface area (Å²) in [7, 11) is 1.82. The first-order valence-electron chi connectivity index (χ1n) is 8.92. The van der Waals surface area contributed by atoms with Gasteiger partial charge in [0.2, 0.25) is 0 Å². The van der Waals surface area contributed by atoms with Gasteiger partial charge in [0.25, 0.3) is 5.91 Å². The van der Waals surface area contributed by atoms with Crippen LogP contribution in [0.3, 0.4) is 0 Å². The molecule has 0 radical (unpaired) electrons. The number of rotatable bonds is 5. The molecule has 27 heavy (non-hydrogen) atoms. The summed E-state index contributed by atoms with van der Waals surface area (Å²) in [6, 6.07) is 21.8. The molecule has 2 heterocycles. The van der Waals surface area contributed by atoms with Crippen LogP contribution in [-0.2, 0) is 13.5 Å². The molecule has 0 saturated carbocycles. The minimum atomic E-state index is -0.122. The zero-order chi connectivity index (χ0) is 18.6. The van der Waals surface area contributed by atoms with E-state index in [1.54, 1.807) is 10.9 Å². The van der Waals surface area contributed by atoms with E-state index in [-0.39, 0.29) is 5.91 Å². The van der Waals surface area contributed by atoms with E-state index < -0.39 is 0 Å². The number of hydrogen-bond donors (Lipinski definition) is 1. The molecule has 0 aliphatic heterocycles. The minimum Gasteiger partial charge on any atom is -0.352 e. The maximum atomic E-state index is 12.7. The van der Waals surface area contributed by atoms with Crippen molar-refractivity contribution in [2.75, 3.05) is 6.54 Å². The summed E-state index contributed by atoms with van der Waals surface area (Å²) in [5.74, 6) is -0.122. The van der Waals surface area contributed by atoms with E-state index in [4.69, 9.17) is 0 Å². The molecule has 1 N–H and O–H groups in total. The fourth-order valence-electron chi connectivity index (χ4n) is 3.11. The van der Waals surface area contributed by atoms with Crippen LogP contribution in [0.2, 0.25) is 0 Å². The first kappa shape index (κ1) is 17.0. The molecule has 5 heteroatoms. The van der Waals surface area contributed by atoms with Crippen LogP contribution in [0.5, 0.6) is 0 Å². The summed E-state index contributed by atoms with van der Waals surface area (Å²) in [4.78, 5) is 17.3. The Morgan fingerprint density at radius 1 is 1.00 bits per heavy atom. The van der Waals surface area contributed by atoms with E-state index in [0.29, 0.717) is 24.2 Å². The second-order valence-electron chi connectivity index (χ2n) is 6.43. The maximum Gasteiger partial charge on any atom is 0.255 e. The van der Waals surface area contributed by atoms with Gasteiger partial charge in [-0.1, -0.05) is 54.6 Å². The molecule has 5 nitrogen and oxygen atoms in total. The van der Waals surface area contributed by atoms with Gasteiger partial charge in [0.05, 0.1) is 11.1 Å². The lowest BCUT2D eigenvalue weighted by Crippen LogP contribution is -2.26. The summed E-state index contributed by atoms with van der Waals surface area (Å²) in [6.07, 6.45) is 2.43. The second kappa shape index (κ2) is 7.41. The van der Waals surface area contributed by atoms with Crippen molar-refractivity contribution in [3.8, 4) is 11.3 Å². The fraction of sp³-hybridized carbons (Fsp3) is 0.136. The van der Waals surface area contributed by atoms with Gasteiger partial charge in [-0.2, -0.15) is 5.10 Å². The lowest BCUT2D eigenvalue weighted by atomic mass is 10.1. The highest BCUT2D eigenvalue weighted by Crippen LogP contribution is 2.21. The largest absolute Gasteiger partial charge is 0.352 e. The van der Waals surface area contributed by atoms with Gasteiger partial charge < -0.3 is 5.32 Å². The number of amides is 1. The lowest BCUT2D eigenvalue weighted by molar-refractivity contribution is 0.0954. The van der Waals surface area contributed by atoms with Crippen molar-refractivity contribution in [1.29, 1.82) is 0 Å². The van der Waals surface area contributed by atoms with Crippen molar-refractivity contribution in [2.45, 2.75) is 6.42 Å². The number of aromatic nitrogens is 3. The number of nitrogens with one attached hydrogen (secondary N) is 1. The molecule has 0 spiro atoms. The third-order valence-corrected chi connectivity index (χ3v) is 4.44. The topological polar surface area (TPSA) is 59.8 Å². The van der Waals surface area contributed by atoms with Crippen LogP contribution in [0.25, 0.3) is 22.2 Å². The molecule has 0 bridgehead atoms. The van der Waals surface area contributed by atoms with Crippen LogP contribution in [0.15, 0.2) is 72.9 Å². The molecule has 0 aliphatic carbocycles. The van der Waals surface area contributed by atoms with E-state index in [9.17, 15) is 4.79 Å². The zero-order valence-electron chi connectivity index (χ0n) is 15.1. The number of carbonyl (C=O) groups is 1. The number of carbonyl (C=O) groups excluding carboxylic acids is 1. The number of aryl methyl sites for hydroxylation is 1. The molecular formula is C22H20N4O. The Morgan fingerprint density at radius 2 is 1.78 bits per heavy atom. The minimum absolute atomic E-state index is 0.122. The van der Waals surface area contributed by atoms with Crippen LogP contribution in [0.4, 0.5) is 0 Å². The van der Waals surface area contributed by atoms with E-state index in [0.717, 1.165) is 22.2 Å². The fourth-order valence-corrected chi connectivity index (χ4v) is 3.11. The quantitative estimate of drug-likeness (QED) is 0.594. The summed E-state index contributed by atoms with van der Waals surface area (Å²) in [5.41, 5.74) is 4.14. The molecule has 4 aromatic rings. The highest BCUT2D eigenvalue weighted by Gasteiger charge is 2.16. The van der Waals surface area contributed by atoms with Gasteiger partial charge in [0.1, 0.15) is 5.69 Å². The SMILES string of the molecule is Cn1cc(C(=O)NCCc2ccc3ccccc3n2)c(-c2ccccc2)n1. The normalized spacial score (nSPS) is 10.9. The molecule has 0 saturated heterocycles. The Morgan fingerprint density at radius 3 is 2.63 bits per heavy atom. The van der Waals surface area contributed by atoms with Crippen molar-refractivity contribution in [2.24, 2.45) is 7.05 Å². The van der Waals surface area contributed by atoms with Gasteiger partial charge in [0, 0.05) is 42.9 Å². The average molecular weight is 356 g/mol. The van der Waals surface area contributed by atoms with E-state index in [2.05, 4.69) is 21.5 Å². The van der Waals surface area contributed by atoms with Crippen molar-refractivity contribution in [3.63, 3.8) is 0 Å². The number of fused-ring (bicyclic) bond motifs is 1. The Kier molecular flexibility index (Phi) is 4.66. The zero-order valence-corrected chi connectivity index (χ0v) is 15.1. The summed E-state index contributed by atoms with van der Waals surface area (Å²) in [6.45, 7) is 0.521. The van der Waals surface area contributed by atoms with Crippen LogP contribution < -0.4 is 5.32 Å². The molecular weight excluding hydrogens is 336 g/mol. The van der Waals surface area contributed by atoms with Crippen LogP contribution >= 0.6 is 0 Å². The monoisotopic (exact) mass is 356 g/mol. The van der Waals surface area contributed by atoms with E-state index in [1.807, 2.05) is 67.7 Å². The number of nitrogens with zero attached hydrogens (tertiary/aromatic N) is 3. The van der Waals surface area contributed by atoms with Gasteiger partial charge >= 0.3 is 0 Å². The molecule has 0 unspecified atom stereocenters. The van der Waals surface area contributed by atoms with E-state index in [1.165, 1.54) is 0 Å². The number of benzene rings is 2. The first-order valence-corrected chi connectivity index (χ1v) is 8.92. The molecule has 2 aromatic heterocycles. The van der Waals surface area contributed by atoms with Gasteiger partial charge in [-0.15, -0.1) is 0 Å². The highest BCUT2D eigenvalue weighted by molar-refractivity contribution is 5.99. The Labute approximate surface area is 157 Å². The molecule has 0 aliphatic rings. The Bertz CT molecular complexity index is 1090. The van der Waals surface area contributed by atoms with Gasteiger partial charge in [0.15, 0.2) is 0 Å². The number of hydrogen-bond acceptors (Lipinski definition) is 3. The average Bonchev–Trinajstić information content (AvgIpc) is 3.10. The third kappa shape index (κ3) is 3.72. The molecule has 2 aromatic carbocycles. The Hall–Kier alpha value is -3.47.